The number of alkyl carbamates (subject to hydrolysis) is 1. The molecule has 2 aromatic carbocycles. The van der Waals surface area contributed by atoms with E-state index < -0.39 is 43.5 Å². The zero-order valence-corrected chi connectivity index (χ0v) is 29.3. The summed E-state index contributed by atoms with van der Waals surface area (Å²) in [4.78, 5) is 39.2. The van der Waals surface area contributed by atoms with Gasteiger partial charge in [0, 0.05) is 12.7 Å². The van der Waals surface area contributed by atoms with Crippen molar-refractivity contribution in [3.05, 3.63) is 71.8 Å². The quantitative estimate of drug-likeness (QED) is 0.142. The number of ether oxygens (including phenoxy) is 1. The Kier molecular flexibility index (Phi) is 15.9. The first-order chi connectivity index (χ1) is 22.4. The fraction of sp³-hybridized carbons (Fsp3) is 0.583. The highest BCUT2D eigenvalue weighted by molar-refractivity contribution is 7.59. The van der Waals surface area contributed by atoms with Crippen LogP contribution in [0.2, 0.25) is 0 Å². The van der Waals surface area contributed by atoms with Crippen LogP contribution in [0.3, 0.4) is 0 Å². The smallest absolute Gasteiger partial charge is 0.408 e. The van der Waals surface area contributed by atoms with Crippen molar-refractivity contribution in [1.82, 2.24) is 16.0 Å². The molecule has 4 unspecified atom stereocenters. The van der Waals surface area contributed by atoms with E-state index in [-0.39, 0.29) is 43.7 Å². The molecular formula is C36H54N3O7P. The molecule has 1 aliphatic carbocycles. The van der Waals surface area contributed by atoms with Gasteiger partial charge in [0.25, 0.3) is 0 Å². The van der Waals surface area contributed by atoms with Crippen LogP contribution in [-0.4, -0.2) is 60.1 Å². The Labute approximate surface area is 280 Å². The van der Waals surface area contributed by atoms with Gasteiger partial charge in [0.1, 0.15) is 18.7 Å². The highest BCUT2D eigenvalue weighted by atomic mass is 31.2. The van der Waals surface area contributed by atoms with Gasteiger partial charge in [-0.1, -0.05) is 108 Å². The molecule has 1 fully saturated rings. The minimum atomic E-state index is -3.22. The number of hydrogen-bond acceptors (Lipinski definition) is 7. The molecule has 0 saturated heterocycles. The average Bonchev–Trinajstić information content (AvgIpc) is 3.05. The van der Waals surface area contributed by atoms with Crippen molar-refractivity contribution < 1.29 is 33.3 Å². The predicted molar refractivity (Wildman–Crippen MR) is 184 cm³/mol. The number of aliphatic hydroxyl groups is 1. The summed E-state index contributed by atoms with van der Waals surface area (Å²) in [6.07, 6.45) is 4.25. The van der Waals surface area contributed by atoms with E-state index in [9.17, 15) is 24.1 Å². The summed E-state index contributed by atoms with van der Waals surface area (Å²) in [6.45, 7) is 7.58. The van der Waals surface area contributed by atoms with Gasteiger partial charge in [0.15, 0.2) is 0 Å². The lowest BCUT2D eigenvalue weighted by atomic mass is 9.91. The van der Waals surface area contributed by atoms with Gasteiger partial charge in [-0.15, -0.1) is 0 Å². The van der Waals surface area contributed by atoms with Gasteiger partial charge >= 0.3 is 6.09 Å². The van der Waals surface area contributed by atoms with Gasteiger partial charge < -0.3 is 30.3 Å². The van der Waals surface area contributed by atoms with E-state index >= 15 is 0 Å². The minimum absolute atomic E-state index is 0.0602. The monoisotopic (exact) mass is 671 g/mol. The number of benzene rings is 2. The first kappa shape index (κ1) is 38.2. The second-order valence-electron chi connectivity index (χ2n) is 13.5. The van der Waals surface area contributed by atoms with Crippen molar-refractivity contribution in [3.8, 4) is 0 Å². The Morgan fingerprint density at radius 2 is 1.45 bits per heavy atom. The number of amides is 3. The summed E-state index contributed by atoms with van der Waals surface area (Å²) in [6, 6.07) is 16.9. The van der Waals surface area contributed by atoms with Crippen LogP contribution in [0, 0.1) is 17.8 Å². The molecule has 0 heterocycles. The molecule has 0 radical (unpaired) electrons. The average molecular weight is 672 g/mol. The lowest BCUT2D eigenvalue weighted by molar-refractivity contribution is -0.131. The van der Waals surface area contributed by atoms with Crippen LogP contribution < -0.4 is 16.0 Å². The third-order valence-electron chi connectivity index (χ3n) is 8.35. The molecule has 0 aromatic heterocycles. The van der Waals surface area contributed by atoms with Crippen molar-refractivity contribution >= 4 is 25.3 Å². The lowest BCUT2D eigenvalue weighted by Crippen LogP contribution is -2.56. The lowest BCUT2D eigenvalue weighted by Gasteiger charge is -2.29. The highest BCUT2D eigenvalue weighted by Gasteiger charge is 2.33. The van der Waals surface area contributed by atoms with Crippen LogP contribution in [0.5, 0.6) is 0 Å². The van der Waals surface area contributed by atoms with Gasteiger partial charge in [0.05, 0.1) is 18.9 Å². The van der Waals surface area contributed by atoms with E-state index in [1.54, 1.807) is 13.8 Å². The van der Waals surface area contributed by atoms with Crippen LogP contribution >= 0.6 is 7.37 Å². The molecule has 3 amide bonds. The first-order valence-corrected chi connectivity index (χ1v) is 18.9. The van der Waals surface area contributed by atoms with E-state index in [4.69, 9.17) is 9.26 Å². The Hall–Kier alpha value is -3.20. The summed E-state index contributed by atoms with van der Waals surface area (Å²) >= 11 is 0. The molecule has 3 rings (SSSR count). The maximum Gasteiger partial charge on any atom is 0.408 e. The predicted octanol–water partition coefficient (Wildman–Crippen LogP) is 6.02. The number of hydrogen-bond donors (Lipinski definition) is 4. The molecule has 0 spiro atoms. The Bertz CT molecular complexity index is 1290. The molecule has 0 aliphatic heterocycles. The minimum Gasteiger partial charge on any atom is -0.445 e. The largest absolute Gasteiger partial charge is 0.445 e. The molecule has 0 bridgehead atoms. The maximum atomic E-state index is 14.1. The Balaban J connectivity index is 1.58. The van der Waals surface area contributed by atoms with Gasteiger partial charge in [-0.3, -0.25) is 14.2 Å². The normalized spacial score (nSPS) is 16.9. The number of carbonyl (C=O) groups is 3. The molecule has 1 saturated carbocycles. The molecule has 1 aliphatic rings. The van der Waals surface area contributed by atoms with Crippen molar-refractivity contribution in [3.63, 3.8) is 0 Å². The van der Waals surface area contributed by atoms with Crippen LogP contribution in [-0.2, 0) is 36.6 Å². The number of nitrogens with one attached hydrogen (secondary N) is 3. The molecule has 4 N–H and O–H groups in total. The molecule has 4 atom stereocenters. The van der Waals surface area contributed by atoms with Gasteiger partial charge in [-0.05, 0) is 48.1 Å². The Morgan fingerprint density at radius 1 is 0.851 bits per heavy atom. The van der Waals surface area contributed by atoms with Crippen molar-refractivity contribution in [2.75, 3.05) is 18.9 Å². The first-order valence-electron chi connectivity index (χ1n) is 16.9. The summed E-state index contributed by atoms with van der Waals surface area (Å²) < 4.78 is 25.4. The summed E-state index contributed by atoms with van der Waals surface area (Å²) in [5, 5.41) is 19.1. The standard InChI is InChI=1S/C36H54N3O7P/c1-26(2)20-32(38-35(42)33(27(3)4)39-36(43)45-22-28-14-8-5-9-15-28)34(41)37-21-31(40)25-47(44,24-30-18-12-7-13-19-30)46-23-29-16-10-6-11-17-29/h5-6,8-11,14-17,26-27,30-33,40H,7,12-13,18-25H2,1-4H3,(H,37,41)(H,38,42)(H,39,43). The topological polar surface area (TPSA) is 143 Å². The van der Waals surface area contributed by atoms with Crippen LogP contribution in [0.1, 0.15) is 77.3 Å². The molecule has 11 heteroatoms. The van der Waals surface area contributed by atoms with E-state index in [2.05, 4.69) is 16.0 Å². The van der Waals surface area contributed by atoms with E-state index in [0.717, 1.165) is 36.8 Å². The van der Waals surface area contributed by atoms with Crippen LogP contribution in [0.4, 0.5) is 4.79 Å². The number of rotatable bonds is 18. The molecule has 260 valence electrons. The van der Waals surface area contributed by atoms with Crippen molar-refractivity contribution in [2.45, 2.75) is 97.6 Å². The molecule has 10 nitrogen and oxygen atoms in total. The number of aliphatic hydroxyl groups excluding tert-OH is 1. The Morgan fingerprint density at radius 3 is 2.02 bits per heavy atom. The SMILES string of the molecule is CC(C)CC(NC(=O)C(NC(=O)OCc1ccccc1)C(C)C)C(=O)NCC(O)CP(=O)(CC1CCCCC1)OCc1ccccc1. The zero-order chi connectivity index (χ0) is 34.2. The summed E-state index contributed by atoms with van der Waals surface area (Å²) in [5.74, 6) is -0.898. The van der Waals surface area contributed by atoms with E-state index in [1.165, 1.54) is 6.42 Å². The second-order valence-corrected chi connectivity index (χ2v) is 16.1. The molecule has 47 heavy (non-hydrogen) atoms. The van der Waals surface area contributed by atoms with Crippen LogP contribution in [0.25, 0.3) is 0 Å². The summed E-state index contributed by atoms with van der Waals surface area (Å²) in [5.41, 5.74) is 1.72. The zero-order valence-electron chi connectivity index (χ0n) is 28.4. The fourth-order valence-electron chi connectivity index (χ4n) is 5.83. The van der Waals surface area contributed by atoms with Gasteiger partial charge in [0.2, 0.25) is 19.2 Å². The van der Waals surface area contributed by atoms with Gasteiger partial charge in [-0.25, -0.2) is 4.79 Å². The van der Waals surface area contributed by atoms with Crippen molar-refractivity contribution in [1.29, 1.82) is 0 Å². The molecular weight excluding hydrogens is 617 g/mol. The summed E-state index contributed by atoms with van der Waals surface area (Å²) in [7, 11) is -3.22. The second kappa shape index (κ2) is 19.6. The fourth-order valence-corrected chi connectivity index (χ4v) is 8.50. The van der Waals surface area contributed by atoms with Gasteiger partial charge in [-0.2, -0.15) is 0 Å². The number of carbonyl (C=O) groups excluding carboxylic acids is 3. The maximum absolute atomic E-state index is 14.1. The van der Waals surface area contributed by atoms with Crippen LogP contribution in [0.15, 0.2) is 60.7 Å². The molecule has 2 aromatic rings. The van der Waals surface area contributed by atoms with E-state index in [0.29, 0.717) is 12.6 Å². The third kappa shape index (κ3) is 14.2. The van der Waals surface area contributed by atoms with Crippen molar-refractivity contribution in [2.24, 2.45) is 17.8 Å². The highest BCUT2D eigenvalue weighted by Crippen LogP contribution is 2.51. The third-order valence-corrected chi connectivity index (χ3v) is 11.0. The van der Waals surface area contributed by atoms with E-state index in [1.807, 2.05) is 74.5 Å².